The first-order valence-corrected chi connectivity index (χ1v) is 23.2. The second-order valence-electron chi connectivity index (χ2n) is 17.2. The summed E-state index contributed by atoms with van der Waals surface area (Å²) < 4.78 is 0. The normalized spacial score (nSPS) is 17.4. The molecule has 0 radical (unpaired) electrons. The van der Waals surface area contributed by atoms with Crippen LogP contribution in [0.1, 0.15) is 62.5 Å². The molecule has 0 unspecified atom stereocenters. The first kappa shape index (κ1) is 55.3. The molecular weight excluding hydrogens is 909 g/mol. The van der Waals surface area contributed by atoms with Crippen molar-refractivity contribution in [1.29, 1.82) is 0 Å². The largest absolute Gasteiger partial charge is 0.480 e. The maximum absolute atomic E-state index is 14.1. The number of carboxylic acids is 1. The molecule has 2 aromatic carbocycles. The zero-order valence-corrected chi connectivity index (χ0v) is 39.4. The molecule has 0 saturated carbocycles. The Kier molecular flexibility index (Phi) is 21.8. The Labute approximate surface area is 406 Å². The molecule has 2 fully saturated rings. The molecule has 2 aliphatic heterocycles. The Morgan fingerprint density at radius 1 is 0.714 bits per heavy atom. The molecule has 0 aliphatic carbocycles. The fraction of sp³-hybridized carbons (Fsp3) is 0.522. The minimum Gasteiger partial charge on any atom is -0.480 e. The van der Waals surface area contributed by atoms with Crippen LogP contribution in [0.15, 0.2) is 70.6 Å². The number of carbonyl (C=O) groups is 8. The molecule has 7 atom stereocenters. The van der Waals surface area contributed by atoms with Gasteiger partial charge in [0.05, 0.1) is 19.2 Å². The van der Waals surface area contributed by atoms with Crippen LogP contribution in [0.3, 0.4) is 0 Å². The van der Waals surface area contributed by atoms with E-state index in [2.05, 4.69) is 31.3 Å². The van der Waals surface area contributed by atoms with Crippen LogP contribution >= 0.6 is 0 Å². The van der Waals surface area contributed by atoms with Crippen LogP contribution in [-0.2, 0) is 51.2 Å². The van der Waals surface area contributed by atoms with E-state index in [1.807, 2.05) is 0 Å². The number of hydrogen-bond donors (Lipinski definition) is 11. The molecule has 0 spiro atoms. The van der Waals surface area contributed by atoms with Crippen LogP contribution in [0, 0.1) is 0 Å². The van der Waals surface area contributed by atoms with E-state index in [1.54, 1.807) is 60.7 Å². The number of nitrogens with two attached hydrogens (primary N) is 5. The highest BCUT2D eigenvalue weighted by molar-refractivity contribution is 5.97. The number of likely N-dealkylation sites (tertiary alicyclic amines) is 2. The van der Waals surface area contributed by atoms with Crippen LogP contribution in [0.4, 0.5) is 0 Å². The molecule has 7 amide bonds. The van der Waals surface area contributed by atoms with Gasteiger partial charge in [-0.25, -0.2) is 4.79 Å². The third-order valence-electron chi connectivity index (χ3n) is 12.0. The summed E-state index contributed by atoms with van der Waals surface area (Å²) in [6, 6.07) is 8.97. The van der Waals surface area contributed by atoms with Crippen LogP contribution < -0.4 is 49.9 Å². The Bertz CT molecular complexity index is 2170. The molecule has 0 bridgehead atoms. The number of nitrogens with one attached hydrogen (secondary N) is 4. The van der Waals surface area contributed by atoms with Gasteiger partial charge in [-0.3, -0.25) is 43.5 Å². The number of benzene rings is 2. The molecule has 24 heteroatoms. The molecule has 2 aliphatic rings. The summed E-state index contributed by atoms with van der Waals surface area (Å²) in [6.45, 7) is -0.519. The van der Waals surface area contributed by atoms with Gasteiger partial charge >= 0.3 is 5.97 Å². The Balaban J connectivity index is 1.42. The Morgan fingerprint density at radius 3 is 1.83 bits per heavy atom. The molecule has 24 nitrogen and oxygen atoms in total. The zero-order chi connectivity index (χ0) is 51.3. The number of aliphatic hydroxyl groups excluding tert-OH is 1. The SMILES string of the molecule is CN(C(=O)[C@H](CO)NC(=O)[C@H](Cc1ccccc1)NC(=O)CNC(=O)[C@@H]1CCCN1C(=O)[C@@H]1CCCN1C(=O)[C@@H](N)CCCN=C(N)N)[C@@H](Cc1ccccc1)C(=O)N[C@@H](CCCN=C(N)N)C(=O)O. The predicted molar refractivity (Wildman–Crippen MR) is 258 cm³/mol. The number of hydrogen-bond acceptors (Lipinski definition) is 12. The number of aliphatic imine (C=N–C) groups is 2. The van der Waals surface area contributed by atoms with Crippen LogP contribution in [0.5, 0.6) is 0 Å². The average molecular weight is 977 g/mol. The molecule has 2 heterocycles. The van der Waals surface area contributed by atoms with E-state index >= 15 is 0 Å². The summed E-state index contributed by atoms with van der Waals surface area (Å²) in [5.74, 6) is -6.34. The van der Waals surface area contributed by atoms with Gasteiger partial charge in [0.15, 0.2) is 11.9 Å². The molecule has 70 heavy (non-hydrogen) atoms. The Morgan fingerprint density at radius 2 is 1.26 bits per heavy atom. The fourth-order valence-corrected chi connectivity index (χ4v) is 8.36. The van der Waals surface area contributed by atoms with Gasteiger partial charge in [-0.05, 0) is 62.5 Å². The second-order valence-corrected chi connectivity index (χ2v) is 17.2. The highest BCUT2D eigenvalue weighted by Gasteiger charge is 2.43. The zero-order valence-electron chi connectivity index (χ0n) is 39.4. The maximum Gasteiger partial charge on any atom is 0.326 e. The first-order chi connectivity index (χ1) is 33.4. The lowest BCUT2D eigenvalue weighted by atomic mass is 10.0. The monoisotopic (exact) mass is 977 g/mol. The molecule has 16 N–H and O–H groups in total. The lowest BCUT2D eigenvalue weighted by molar-refractivity contribution is -0.147. The minimum absolute atomic E-state index is 0.0378. The summed E-state index contributed by atoms with van der Waals surface area (Å²) in [6.07, 6.45) is 2.57. The smallest absolute Gasteiger partial charge is 0.326 e. The summed E-state index contributed by atoms with van der Waals surface area (Å²) in [5, 5.41) is 30.5. The summed E-state index contributed by atoms with van der Waals surface area (Å²) in [5.41, 5.74) is 28.9. The Hall–Kier alpha value is -7.34. The van der Waals surface area contributed by atoms with Crippen molar-refractivity contribution in [2.24, 2.45) is 38.7 Å². The minimum atomic E-state index is -1.63. The van der Waals surface area contributed by atoms with Gasteiger partial charge in [0.1, 0.15) is 36.3 Å². The van der Waals surface area contributed by atoms with Gasteiger partial charge in [-0.2, -0.15) is 0 Å². The van der Waals surface area contributed by atoms with E-state index < -0.39 is 96.9 Å². The summed E-state index contributed by atoms with van der Waals surface area (Å²) in [4.78, 5) is 120. The lowest BCUT2D eigenvalue weighted by Gasteiger charge is -2.32. The number of guanidine groups is 2. The van der Waals surface area contributed by atoms with Gasteiger partial charge in [0.25, 0.3) is 0 Å². The second kappa shape index (κ2) is 27.6. The molecule has 382 valence electrons. The number of carbonyl (C=O) groups excluding carboxylic acids is 7. The van der Waals surface area contributed by atoms with Gasteiger partial charge in [0, 0.05) is 46.1 Å². The van der Waals surface area contributed by atoms with Crippen molar-refractivity contribution in [2.45, 2.75) is 107 Å². The number of amides is 7. The molecule has 2 saturated heterocycles. The topological polar surface area (TPSA) is 390 Å². The molecular formula is C46H68N14O10. The number of nitrogens with zero attached hydrogens (tertiary/aromatic N) is 5. The van der Waals surface area contributed by atoms with Crippen LogP contribution in [0.2, 0.25) is 0 Å². The van der Waals surface area contributed by atoms with Crippen molar-refractivity contribution >= 4 is 59.2 Å². The summed E-state index contributed by atoms with van der Waals surface area (Å²) >= 11 is 0. The van der Waals surface area contributed by atoms with Crippen LogP contribution in [-0.4, -0.2) is 173 Å². The standard InChI is InChI=1S/C46H68N14O10/c1-58(36(25-29-14-6-3-7-15-29)40(65)56-31(44(69)70)17-9-21-53-46(50)51)42(67)33(27-61)57-38(63)32(24-28-12-4-2-5-13-28)55-37(62)26-54-39(64)34-18-10-22-59(34)43(68)35-19-11-23-60(35)41(66)30(47)16-8-20-52-45(48)49/h2-7,12-15,30-36,61H,8-11,16-27,47H2,1H3,(H,54,64)(H,55,62)(H,56,65)(H,57,63)(H,69,70)(H4,48,49,52)(H4,50,51,53)/t30-,31-,32-,33-,34-,35-,36-/m0/s1. The van der Waals surface area contributed by atoms with E-state index in [-0.39, 0.29) is 56.6 Å². The predicted octanol–water partition coefficient (Wildman–Crippen LogP) is -3.64. The maximum atomic E-state index is 14.1. The van der Waals surface area contributed by atoms with Crippen molar-refractivity contribution < 1.29 is 48.6 Å². The van der Waals surface area contributed by atoms with E-state index in [9.17, 15) is 48.6 Å². The quantitative estimate of drug-likeness (QED) is 0.0246. The van der Waals surface area contributed by atoms with Crippen molar-refractivity contribution in [3.63, 3.8) is 0 Å². The summed E-state index contributed by atoms with van der Waals surface area (Å²) in [7, 11) is 1.28. The fourth-order valence-electron chi connectivity index (χ4n) is 8.36. The number of aliphatic carboxylic acids is 1. The molecule has 4 rings (SSSR count). The van der Waals surface area contributed by atoms with E-state index in [0.29, 0.717) is 62.7 Å². The van der Waals surface area contributed by atoms with Gasteiger partial charge < -0.3 is 74.8 Å². The van der Waals surface area contributed by atoms with Crippen molar-refractivity contribution in [1.82, 2.24) is 36.0 Å². The molecule has 2 aromatic rings. The van der Waals surface area contributed by atoms with Crippen molar-refractivity contribution in [3.05, 3.63) is 71.8 Å². The number of likely N-dealkylation sites (N-methyl/N-ethyl adjacent to an activating group) is 1. The average Bonchev–Trinajstić information content (AvgIpc) is 4.05. The number of rotatable bonds is 26. The third kappa shape index (κ3) is 16.7. The lowest BCUT2D eigenvalue weighted by Crippen LogP contribution is -2.60. The highest BCUT2D eigenvalue weighted by Crippen LogP contribution is 2.26. The van der Waals surface area contributed by atoms with E-state index in [4.69, 9.17) is 28.7 Å². The van der Waals surface area contributed by atoms with E-state index in [0.717, 1.165) is 4.90 Å². The first-order valence-electron chi connectivity index (χ1n) is 23.2. The number of aliphatic hydroxyl groups is 1. The number of carboxylic acid groups (broad SMARTS) is 1. The van der Waals surface area contributed by atoms with Gasteiger partial charge in [0.2, 0.25) is 41.4 Å². The van der Waals surface area contributed by atoms with Crippen LogP contribution in [0.25, 0.3) is 0 Å². The van der Waals surface area contributed by atoms with Crippen molar-refractivity contribution in [2.75, 3.05) is 46.4 Å². The van der Waals surface area contributed by atoms with Gasteiger partial charge in [-0.1, -0.05) is 60.7 Å². The third-order valence-corrected chi connectivity index (χ3v) is 12.0. The van der Waals surface area contributed by atoms with Gasteiger partial charge in [-0.15, -0.1) is 0 Å². The van der Waals surface area contributed by atoms with Crippen molar-refractivity contribution in [3.8, 4) is 0 Å². The molecule has 0 aromatic heterocycles. The highest BCUT2D eigenvalue weighted by atomic mass is 16.4. The van der Waals surface area contributed by atoms with E-state index in [1.165, 1.54) is 16.8 Å².